The second-order valence-electron chi connectivity index (χ2n) is 5.95. The van der Waals surface area contributed by atoms with E-state index < -0.39 is 12.1 Å². The molecule has 1 fully saturated rings. The van der Waals surface area contributed by atoms with Crippen molar-refractivity contribution in [1.29, 1.82) is 0 Å². The Balaban J connectivity index is 1.74. The van der Waals surface area contributed by atoms with E-state index in [0.717, 1.165) is 5.56 Å². The highest BCUT2D eigenvalue weighted by atomic mass is 16.2. The Morgan fingerprint density at radius 3 is 2.27 bits per heavy atom. The van der Waals surface area contributed by atoms with Gasteiger partial charge in [0.25, 0.3) is 0 Å². The van der Waals surface area contributed by atoms with Crippen molar-refractivity contribution < 1.29 is 9.59 Å². The predicted molar refractivity (Wildman–Crippen MR) is 97.6 cm³/mol. The molecule has 1 atom stereocenters. The van der Waals surface area contributed by atoms with Crippen LogP contribution in [0, 0.1) is 0 Å². The maximum Gasteiger partial charge on any atom is 0.321 e. The summed E-state index contributed by atoms with van der Waals surface area (Å²) in [6, 6.07) is 10.3. The number of hydrogen-bond acceptors (Lipinski definition) is 6. The lowest BCUT2D eigenvalue weighted by molar-refractivity contribution is -0.125. The molecule has 8 nitrogen and oxygen atoms in total. The number of rotatable bonds is 4. The number of imide groups is 1. The van der Waals surface area contributed by atoms with Gasteiger partial charge in [0.15, 0.2) is 0 Å². The second kappa shape index (κ2) is 8.39. The molecule has 2 heterocycles. The van der Waals surface area contributed by atoms with Gasteiger partial charge < -0.3 is 10.2 Å². The first-order chi connectivity index (χ1) is 12.7. The third-order valence-corrected chi connectivity index (χ3v) is 4.34. The van der Waals surface area contributed by atoms with Crippen LogP contribution in [0.2, 0.25) is 0 Å². The van der Waals surface area contributed by atoms with Gasteiger partial charge in [-0.3, -0.25) is 15.0 Å². The summed E-state index contributed by atoms with van der Waals surface area (Å²) in [5.41, 5.74) is 0.860. The summed E-state index contributed by atoms with van der Waals surface area (Å²) in [5, 5.41) is 4.82. The van der Waals surface area contributed by atoms with E-state index in [9.17, 15) is 9.59 Å². The Hall–Kier alpha value is -3.00. The molecule has 1 unspecified atom stereocenters. The molecule has 1 saturated heterocycles. The average Bonchev–Trinajstić information content (AvgIpc) is 2.70. The van der Waals surface area contributed by atoms with Crippen molar-refractivity contribution in [3.05, 3.63) is 54.4 Å². The minimum atomic E-state index is -0.521. The molecule has 26 heavy (non-hydrogen) atoms. The number of amides is 3. The Bertz CT molecular complexity index is 732. The smallest absolute Gasteiger partial charge is 0.321 e. The van der Waals surface area contributed by atoms with Crippen LogP contribution < -0.4 is 15.5 Å². The zero-order valence-corrected chi connectivity index (χ0v) is 14.6. The molecule has 3 rings (SSSR count). The summed E-state index contributed by atoms with van der Waals surface area (Å²) >= 11 is 0. The van der Waals surface area contributed by atoms with E-state index in [0.29, 0.717) is 32.1 Å². The summed E-state index contributed by atoms with van der Waals surface area (Å²) in [4.78, 5) is 37.0. The normalized spacial score (nSPS) is 16.0. The molecule has 8 heteroatoms. The third-order valence-electron chi connectivity index (χ3n) is 4.34. The molecule has 0 saturated carbocycles. The van der Waals surface area contributed by atoms with Gasteiger partial charge >= 0.3 is 6.03 Å². The van der Waals surface area contributed by atoms with Gasteiger partial charge in [0.05, 0.1) is 0 Å². The van der Waals surface area contributed by atoms with E-state index in [2.05, 4.69) is 30.4 Å². The summed E-state index contributed by atoms with van der Waals surface area (Å²) in [7, 11) is 1.48. The van der Waals surface area contributed by atoms with Crippen molar-refractivity contribution in [2.45, 2.75) is 6.04 Å². The Kier molecular flexibility index (Phi) is 5.75. The molecular weight excluding hydrogens is 332 g/mol. The maximum absolute atomic E-state index is 12.7. The highest BCUT2D eigenvalue weighted by Crippen LogP contribution is 2.23. The lowest BCUT2D eigenvalue weighted by atomic mass is 10.0. The molecule has 0 aliphatic carbocycles. The van der Waals surface area contributed by atoms with E-state index in [4.69, 9.17) is 0 Å². The van der Waals surface area contributed by atoms with E-state index in [-0.39, 0.29) is 5.91 Å². The number of nitrogens with one attached hydrogen (secondary N) is 2. The van der Waals surface area contributed by atoms with Crippen LogP contribution in [-0.2, 0) is 4.79 Å². The Morgan fingerprint density at radius 1 is 1.00 bits per heavy atom. The van der Waals surface area contributed by atoms with Crippen LogP contribution >= 0.6 is 0 Å². The van der Waals surface area contributed by atoms with Gasteiger partial charge in [0, 0.05) is 45.6 Å². The van der Waals surface area contributed by atoms with Crippen LogP contribution in [0.25, 0.3) is 0 Å². The number of benzene rings is 1. The van der Waals surface area contributed by atoms with Crippen molar-refractivity contribution in [3.63, 3.8) is 0 Å². The number of anilines is 1. The molecule has 1 aromatic carbocycles. The van der Waals surface area contributed by atoms with Crippen molar-refractivity contribution >= 4 is 17.9 Å². The first kappa shape index (κ1) is 17.8. The lowest BCUT2D eigenvalue weighted by Gasteiger charge is -2.38. The van der Waals surface area contributed by atoms with Gasteiger partial charge in [-0.05, 0) is 11.6 Å². The molecule has 2 aromatic rings. The van der Waals surface area contributed by atoms with Gasteiger partial charge in [-0.25, -0.2) is 14.8 Å². The fourth-order valence-corrected chi connectivity index (χ4v) is 3.04. The number of carbonyl (C=O) groups excluding carboxylic acids is 2. The number of piperazine rings is 1. The number of aromatic nitrogens is 2. The number of nitrogens with zero attached hydrogens (tertiary/aromatic N) is 4. The molecule has 1 aromatic heterocycles. The largest absolute Gasteiger partial charge is 0.341 e. The summed E-state index contributed by atoms with van der Waals surface area (Å²) in [5.74, 6) is 0.359. The minimum absolute atomic E-state index is 0.333. The number of hydrogen-bond donors (Lipinski definition) is 2. The SMILES string of the molecule is CNC(=O)NC(=O)C(c1ccccc1)N1CCN(c2ncccn2)CC1. The lowest BCUT2D eigenvalue weighted by Crippen LogP contribution is -2.52. The third kappa shape index (κ3) is 4.15. The molecule has 0 bridgehead atoms. The van der Waals surface area contributed by atoms with Crippen LogP contribution in [0.15, 0.2) is 48.8 Å². The molecule has 1 aliphatic rings. The Labute approximate surface area is 152 Å². The van der Waals surface area contributed by atoms with Crippen molar-refractivity contribution in [1.82, 2.24) is 25.5 Å². The summed E-state index contributed by atoms with van der Waals surface area (Å²) in [6.07, 6.45) is 3.44. The van der Waals surface area contributed by atoms with Crippen LogP contribution in [0.1, 0.15) is 11.6 Å². The quantitative estimate of drug-likeness (QED) is 0.844. The fraction of sp³-hybridized carbons (Fsp3) is 0.333. The van der Waals surface area contributed by atoms with Gasteiger partial charge in [-0.2, -0.15) is 0 Å². The minimum Gasteiger partial charge on any atom is -0.341 e. The standard InChI is InChI=1S/C18H22N6O2/c1-19-18(26)22-16(25)15(14-6-3-2-4-7-14)23-10-12-24(13-11-23)17-20-8-5-9-21-17/h2-9,15H,10-13H2,1H3,(H2,19,22,25,26). The zero-order valence-electron chi connectivity index (χ0n) is 14.6. The van der Waals surface area contributed by atoms with Crippen molar-refractivity contribution in [2.75, 3.05) is 38.1 Å². The van der Waals surface area contributed by atoms with Crippen molar-refractivity contribution in [3.8, 4) is 0 Å². The molecule has 1 aliphatic heterocycles. The van der Waals surface area contributed by atoms with Gasteiger partial charge in [-0.1, -0.05) is 30.3 Å². The maximum atomic E-state index is 12.7. The first-order valence-electron chi connectivity index (χ1n) is 8.52. The zero-order chi connectivity index (χ0) is 18.4. The highest BCUT2D eigenvalue weighted by molar-refractivity contribution is 5.97. The molecule has 0 spiro atoms. The number of urea groups is 1. The van der Waals surface area contributed by atoms with E-state index in [1.807, 2.05) is 30.3 Å². The molecule has 0 radical (unpaired) electrons. The summed E-state index contributed by atoms with van der Waals surface area (Å²) in [6.45, 7) is 2.75. The van der Waals surface area contributed by atoms with E-state index in [1.165, 1.54) is 7.05 Å². The Morgan fingerprint density at radius 2 is 1.65 bits per heavy atom. The van der Waals surface area contributed by atoms with E-state index >= 15 is 0 Å². The van der Waals surface area contributed by atoms with Crippen LogP contribution in [0.4, 0.5) is 10.7 Å². The number of carbonyl (C=O) groups is 2. The first-order valence-corrected chi connectivity index (χ1v) is 8.52. The fourth-order valence-electron chi connectivity index (χ4n) is 3.04. The topological polar surface area (TPSA) is 90.5 Å². The molecule has 2 N–H and O–H groups in total. The van der Waals surface area contributed by atoms with Gasteiger partial charge in [-0.15, -0.1) is 0 Å². The highest BCUT2D eigenvalue weighted by Gasteiger charge is 2.31. The van der Waals surface area contributed by atoms with Gasteiger partial charge in [0.2, 0.25) is 11.9 Å². The predicted octanol–water partition coefficient (Wildman–Crippen LogP) is 0.795. The van der Waals surface area contributed by atoms with Crippen molar-refractivity contribution in [2.24, 2.45) is 0 Å². The molecule has 3 amide bonds. The van der Waals surface area contributed by atoms with E-state index in [1.54, 1.807) is 18.5 Å². The second-order valence-corrected chi connectivity index (χ2v) is 5.95. The average molecular weight is 354 g/mol. The summed E-state index contributed by atoms with van der Waals surface area (Å²) < 4.78 is 0. The molecular formula is C18H22N6O2. The monoisotopic (exact) mass is 354 g/mol. The molecule has 136 valence electrons. The van der Waals surface area contributed by atoms with Crippen LogP contribution in [-0.4, -0.2) is 60.0 Å². The van der Waals surface area contributed by atoms with Gasteiger partial charge in [0.1, 0.15) is 6.04 Å². The van der Waals surface area contributed by atoms with Crippen LogP contribution in [0.3, 0.4) is 0 Å². The van der Waals surface area contributed by atoms with Crippen LogP contribution in [0.5, 0.6) is 0 Å².